The van der Waals surface area contributed by atoms with Gasteiger partial charge in [0.05, 0.1) is 6.54 Å². The molecule has 0 fully saturated rings. The minimum atomic E-state index is -0.527. The molecule has 0 aliphatic heterocycles. The van der Waals surface area contributed by atoms with E-state index in [1.165, 1.54) is 0 Å². The molecule has 0 aliphatic rings. The number of aryl methyl sites for hydroxylation is 1. The first-order chi connectivity index (χ1) is 13.3. The highest BCUT2D eigenvalue weighted by atomic mass is 79.9. The van der Waals surface area contributed by atoms with Crippen molar-refractivity contribution in [3.8, 4) is 0 Å². The van der Waals surface area contributed by atoms with Gasteiger partial charge < -0.3 is 29.2 Å². The molecule has 1 aromatic rings. The molecule has 0 saturated heterocycles. The molecular weight excluding hydrogens is 442 g/mol. The van der Waals surface area contributed by atoms with Crippen LogP contribution in [0.4, 0.5) is 9.59 Å². The molecule has 166 valence electrons. The minimum absolute atomic E-state index is 0.373. The van der Waals surface area contributed by atoms with Crippen LogP contribution in [0.1, 0.15) is 48.0 Å². The lowest BCUT2D eigenvalue weighted by molar-refractivity contribution is 0.0516. The molecule has 0 bridgehead atoms. The van der Waals surface area contributed by atoms with Crippen LogP contribution < -0.4 is 16.3 Å². The van der Waals surface area contributed by atoms with Crippen molar-refractivity contribution in [2.75, 3.05) is 19.6 Å². The molecule has 0 spiro atoms. The van der Waals surface area contributed by atoms with E-state index in [-0.39, 0.29) is 0 Å². The largest absolute Gasteiger partial charge is 0.444 e. The zero-order valence-electron chi connectivity index (χ0n) is 18.5. The fraction of sp³-hybridized carbons (Fsp3) is 0.737. The fourth-order valence-electron chi connectivity index (χ4n) is 2.30. The molecule has 2 N–H and O–H groups in total. The van der Waals surface area contributed by atoms with Gasteiger partial charge in [-0.05, 0) is 63.9 Å². The summed E-state index contributed by atoms with van der Waals surface area (Å²) in [5.74, 6) is 0. The summed E-state index contributed by atoms with van der Waals surface area (Å²) in [6, 6.07) is 0. The summed E-state index contributed by atoms with van der Waals surface area (Å²) in [5.41, 5.74) is -0.275. The number of carbonyl (C=O) groups excluding carboxylic acids is 2. The number of hydrogen-bond acceptors (Lipinski definition) is 5. The van der Waals surface area contributed by atoms with Crippen LogP contribution in [-0.2, 0) is 23.1 Å². The van der Waals surface area contributed by atoms with Crippen LogP contribution in [0.2, 0.25) is 0 Å². The van der Waals surface area contributed by atoms with Crippen molar-refractivity contribution in [3.05, 3.63) is 16.4 Å². The van der Waals surface area contributed by atoms with Gasteiger partial charge in [0.1, 0.15) is 15.8 Å². The number of ether oxygens (including phenoxy) is 2. The molecule has 0 atom stereocenters. The summed E-state index contributed by atoms with van der Waals surface area (Å²) in [4.78, 5) is 28.0. The van der Waals surface area contributed by atoms with Gasteiger partial charge in [0.15, 0.2) is 0 Å². The van der Waals surface area contributed by atoms with Crippen molar-refractivity contribution in [1.82, 2.24) is 19.8 Å². The van der Waals surface area contributed by atoms with Gasteiger partial charge in [-0.1, -0.05) is 0 Å². The molecule has 0 aromatic carbocycles. The summed E-state index contributed by atoms with van der Waals surface area (Å²) < 4.78 is 15.2. The Balaban J connectivity index is 2.55. The normalized spacial score (nSPS) is 12.6. The van der Waals surface area contributed by atoms with Crippen molar-refractivity contribution < 1.29 is 19.1 Å². The fourth-order valence-corrected chi connectivity index (χ4v) is 2.71. The molecule has 1 rings (SSSR count). The third-order valence-corrected chi connectivity index (χ3v) is 4.15. The first kappa shape index (κ1) is 25.1. The van der Waals surface area contributed by atoms with Crippen molar-refractivity contribution in [2.24, 2.45) is 12.0 Å². The van der Waals surface area contributed by atoms with E-state index in [1.807, 2.05) is 63.9 Å². The number of alkyl carbamates (subject to hydrolysis) is 2. The topological polar surface area (TPSA) is 98.9 Å². The number of carbonyl (C=O) groups is 2. The second-order valence-corrected chi connectivity index (χ2v) is 9.41. The average molecular weight is 476 g/mol. The highest BCUT2D eigenvalue weighted by Crippen LogP contribution is 2.08. The van der Waals surface area contributed by atoms with E-state index in [2.05, 4.69) is 31.6 Å². The van der Waals surface area contributed by atoms with Crippen LogP contribution in [0.3, 0.4) is 0 Å². The van der Waals surface area contributed by atoms with Crippen molar-refractivity contribution in [3.63, 3.8) is 0 Å². The molecular formula is C19H34BrN5O4. The van der Waals surface area contributed by atoms with Gasteiger partial charge in [-0.25, -0.2) is 9.59 Å². The van der Waals surface area contributed by atoms with E-state index in [1.54, 1.807) is 0 Å². The number of hydrogen-bond donors (Lipinski definition) is 2. The third kappa shape index (κ3) is 10.4. The highest BCUT2D eigenvalue weighted by Gasteiger charge is 2.16. The maximum Gasteiger partial charge on any atom is 0.407 e. The van der Waals surface area contributed by atoms with Gasteiger partial charge >= 0.3 is 12.2 Å². The first-order valence-electron chi connectivity index (χ1n) is 9.64. The number of halogens is 1. The molecule has 2 amide bonds. The standard InChI is InChI=1S/C19H34BrN5O4/c1-18(2,3)28-16(26)22-9-8-12-25-13-14(20)24(7)15(25)21-10-11-23-17(27)29-19(4,5)6/h13H,8-12H2,1-7H3,(H,22,26)(H,23,27). The van der Waals surface area contributed by atoms with E-state index in [0.717, 1.165) is 16.6 Å². The SMILES string of the molecule is Cn1c(Br)cn(CCCNC(=O)OC(C)(C)C)c1=NCCNC(=O)OC(C)(C)C. The number of amides is 2. The van der Waals surface area contributed by atoms with E-state index < -0.39 is 23.4 Å². The van der Waals surface area contributed by atoms with Crippen LogP contribution in [0.25, 0.3) is 0 Å². The predicted octanol–water partition coefficient (Wildman–Crippen LogP) is 2.93. The van der Waals surface area contributed by atoms with E-state index >= 15 is 0 Å². The molecule has 29 heavy (non-hydrogen) atoms. The lowest BCUT2D eigenvalue weighted by Crippen LogP contribution is -2.35. The molecule has 0 aliphatic carbocycles. The van der Waals surface area contributed by atoms with E-state index in [0.29, 0.717) is 26.2 Å². The van der Waals surface area contributed by atoms with Crippen LogP contribution in [0.5, 0.6) is 0 Å². The Bertz CT molecular complexity index is 756. The Kier molecular flexibility index (Phi) is 9.25. The van der Waals surface area contributed by atoms with E-state index in [4.69, 9.17) is 9.47 Å². The smallest absolute Gasteiger partial charge is 0.407 e. The van der Waals surface area contributed by atoms with Crippen LogP contribution in [-0.4, -0.2) is 52.2 Å². The second-order valence-electron chi connectivity index (χ2n) is 8.60. The Morgan fingerprint density at radius 1 is 1.03 bits per heavy atom. The number of nitrogens with one attached hydrogen (secondary N) is 2. The van der Waals surface area contributed by atoms with E-state index in [9.17, 15) is 9.59 Å². The molecule has 1 aromatic heterocycles. The number of imidazole rings is 1. The number of rotatable bonds is 7. The monoisotopic (exact) mass is 475 g/mol. The summed E-state index contributed by atoms with van der Waals surface area (Å²) in [7, 11) is 1.90. The van der Waals surface area contributed by atoms with Gasteiger partial charge in [0.25, 0.3) is 0 Å². The van der Waals surface area contributed by atoms with Crippen LogP contribution >= 0.6 is 15.9 Å². The molecule has 10 heteroatoms. The Hall–Kier alpha value is -1.97. The lowest BCUT2D eigenvalue weighted by atomic mass is 10.2. The first-order valence-corrected chi connectivity index (χ1v) is 10.4. The van der Waals surface area contributed by atoms with Gasteiger partial charge in [-0.2, -0.15) is 0 Å². The summed E-state index contributed by atoms with van der Waals surface area (Å²) >= 11 is 3.50. The average Bonchev–Trinajstić information content (AvgIpc) is 2.79. The molecule has 0 saturated carbocycles. The summed E-state index contributed by atoms with van der Waals surface area (Å²) in [5, 5.41) is 5.44. The summed E-state index contributed by atoms with van der Waals surface area (Å²) in [6.07, 6.45) is 1.78. The maximum atomic E-state index is 11.7. The van der Waals surface area contributed by atoms with Crippen molar-refractivity contribution in [2.45, 2.75) is 65.7 Å². The quantitative estimate of drug-likeness (QED) is 0.592. The van der Waals surface area contributed by atoms with Crippen molar-refractivity contribution >= 4 is 28.1 Å². The van der Waals surface area contributed by atoms with Crippen LogP contribution in [0.15, 0.2) is 15.8 Å². The second kappa shape index (κ2) is 10.7. The number of aromatic nitrogens is 2. The zero-order valence-corrected chi connectivity index (χ0v) is 20.1. The van der Waals surface area contributed by atoms with Gasteiger partial charge in [0.2, 0.25) is 5.62 Å². The Morgan fingerprint density at radius 3 is 2.07 bits per heavy atom. The molecule has 0 radical (unpaired) electrons. The van der Waals surface area contributed by atoms with Gasteiger partial charge in [-0.3, -0.25) is 4.99 Å². The molecule has 9 nitrogen and oxygen atoms in total. The minimum Gasteiger partial charge on any atom is -0.444 e. The Morgan fingerprint density at radius 2 is 1.55 bits per heavy atom. The molecule has 0 unspecified atom stereocenters. The Labute approximate surface area is 181 Å². The molecule has 1 heterocycles. The van der Waals surface area contributed by atoms with Crippen molar-refractivity contribution in [1.29, 1.82) is 0 Å². The van der Waals surface area contributed by atoms with Crippen LogP contribution in [0, 0.1) is 0 Å². The maximum absolute atomic E-state index is 11.7. The summed E-state index contributed by atoms with van der Waals surface area (Å²) in [6.45, 7) is 12.9. The highest BCUT2D eigenvalue weighted by molar-refractivity contribution is 9.10. The lowest BCUT2D eigenvalue weighted by Gasteiger charge is -2.19. The number of nitrogens with zero attached hydrogens (tertiary/aromatic N) is 3. The predicted molar refractivity (Wildman–Crippen MR) is 115 cm³/mol. The van der Waals surface area contributed by atoms with Gasteiger partial charge in [0, 0.05) is 32.9 Å². The third-order valence-electron chi connectivity index (χ3n) is 3.42. The zero-order chi connectivity index (χ0) is 22.2. The van der Waals surface area contributed by atoms with Gasteiger partial charge in [-0.15, -0.1) is 0 Å².